The Morgan fingerprint density at radius 2 is 1.92 bits per heavy atom. The molecule has 0 saturated heterocycles. The van der Waals surface area contributed by atoms with Crippen LogP contribution in [0.3, 0.4) is 0 Å². The largest absolute Gasteiger partial charge is 0.207 e. The summed E-state index contributed by atoms with van der Waals surface area (Å²) in [6.45, 7) is 0. The molecule has 0 atom stereocenters. The van der Waals surface area contributed by atoms with Crippen LogP contribution in [0.4, 0.5) is 4.39 Å². The molecule has 0 radical (unpaired) electrons. The first-order chi connectivity index (χ1) is 6.27. The maximum atomic E-state index is 13.4. The molecule has 0 heterocycles. The first-order valence-electron chi connectivity index (χ1n) is 4.72. The van der Waals surface area contributed by atoms with Crippen molar-refractivity contribution in [3.8, 4) is 0 Å². The second-order valence-corrected chi connectivity index (χ2v) is 4.56. The highest BCUT2D eigenvalue weighted by Crippen LogP contribution is 2.36. The van der Waals surface area contributed by atoms with Gasteiger partial charge in [0, 0.05) is 4.47 Å². The summed E-state index contributed by atoms with van der Waals surface area (Å²) in [5.74, 6) is 0.410. The van der Waals surface area contributed by atoms with Crippen LogP contribution in [0.2, 0.25) is 0 Å². The summed E-state index contributed by atoms with van der Waals surface area (Å²) in [5.41, 5.74) is 0.895. The molecular formula is C11H12BrF. The fourth-order valence-electron chi connectivity index (χ4n) is 2.06. The Labute approximate surface area is 86.3 Å². The van der Waals surface area contributed by atoms with Crippen LogP contribution in [-0.2, 0) is 0 Å². The maximum Gasteiger partial charge on any atom is 0.126 e. The molecule has 0 aromatic heterocycles. The number of halogens is 2. The Bertz CT molecular complexity index is 303. The Morgan fingerprint density at radius 1 is 1.23 bits per heavy atom. The summed E-state index contributed by atoms with van der Waals surface area (Å²) in [7, 11) is 0. The molecule has 1 fully saturated rings. The van der Waals surface area contributed by atoms with Crippen molar-refractivity contribution in [2.45, 2.75) is 31.6 Å². The molecule has 1 aromatic rings. The summed E-state index contributed by atoms with van der Waals surface area (Å²) in [4.78, 5) is 0. The van der Waals surface area contributed by atoms with Gasteiger partial charge in [-0.3, -0.25) is 0 Å². The topological polar surface area (TPSA) is 0 Å². The van der Waals surface area contributed by atoms with Crippen LogP contribution < -0.4 is 0 Å². The van der Waals surface area contributed by atoms with Gasteiger partial charge in [-0.15, -0.1) is 0 Å². The zero-order valence-electron chi connectivity index (χ0n) is 7.39. The smallest absolute Gasteiger partial charge is 0.126 e. The van der Waals surface area contributed by atoms with Crippen molar-refractivity contribution in [1.82, 2.24) is 0 Å². The van der Waals surface area contributed by atoms with Crippen molar-refractivity contribution in [3.05, 3.63) is 34.1 Å². The molecule has 2 rings (SSSR count). The third-order valence-corrected chi connectivity index (χ3v) is 3.25. The van der Waals surface area contributed by atoms with Gasteiger partial charge < -0.3 is 0 Å². The van der Waals surface area contributed by atoms with Gasteiger partial charge in [0.2, 0.25) is 0 Å². The van der Waals surface area contributed by atoms with E-state index in [1.807, 2.05) is 6.07 Å². The zero-order valence-corrected chi connectivity index (χ0v) is 8.98. The van der Waals surface area contributed by atoms with Gasteiger partial charge in [-0.25, -0.2) is 4.39 Å². The molecule has 1 aromatic carbocycles. The number of hydrogen-bond donors (Lipinski definition) is 0. The van der Waals surface area contributed by atoms with E-state index in [2.05, 4.69) is 15.9 Å². The van der Waals surface area contributed by atoms with Crippen LogP contribution in [0, 0.1) is 5.82 Å². The summed E-state index contributed by atoms with van der Waals surface area (Å²) in [6, 6.07) is 5.23. The lowest BCUT2D eigenvalue weighted by Gasteiger charge is -2.10. The molecule has 1 aliphatic rings. The average Bonchev–Trinajstić information content (AvgIpc) is 2.61. The Morgan fingerprint density at radius 3 is 2.62 bits per heavy atom. The van der Waals surface area contributed by atoms with Crippen LogP contribution in [-0.4, -0.2) is 0 Å². The van der Waals surface area contributed by atoms with E-state index in [1.165, 1.54) is 12.8 Å². The minimum atomic E-state index is -0.0462. The standard InChI is InChI=1S/C11H12BrF/c12-9-5-6-11(13)10(7-9)8-3-1-2-4-8/h5-8H,1-4H2. The summed E-state index contributed by atoms with van der Waals surface area (Å²) in [6.07, 6.45) is 4.79. The Kier molecular flexibility index (Phi) is 2.68. The Hall–Kier alpha value is -0.370. The van der Waals surface area contributed by atoms with Crippen molar-refractivity contribution >= 4 is 15.9 Å². The van der Waals surface area contributed by atoms with Crippen molar-refractivity contribution < 1.29 is 4.39 Å². The number of rotatable bonds is 1. The molecule has 13 heavy (non-hydrogen) atoms. The highest BCUT2D eigenvalue weighted by atomic mass is 79.9. The van der Waals surface area contributed by atoms with Gasteiger partial charge in [0.1, 0.15) is 5.82 Å². The molecule has 70 valence electrons. The fraction of sp³-hybridized carbons (Fsp3) is 0.455. The van der Waals surface area contributed by atoms with Gasteiger partial charge >= 0.3 is 0 Å². The maximum absolute atomic E-state index is 13.4. The van der Waals surface area contributed by atoms with Crippen molar-refractivity contribution in [3.63, 3.8) is 0 Å². The van der Waals surface area contributed by atoms with Crippen LogP contribution in [0.25, 0.3) is 0 Å². The molecule has 0 spiro atoms. The van der Waals surface area contributed by atoms with E-state index in [4.69, 9.17) is 0 Å². The van der Waals surface area contributed by atoms with E-state index in [0.29, 0.717) is 5.92 Å². The lowest BCUT2D eigenvalue weighted by Crippen LogP contribution is -1.96. The zero-order chi connectivity index (χ0) is 9.26. The monoisotopic (exact) mass is 242 g/mol. The van der Waals surface area contributed by atoms with Gasteiger partial charge in [0.05, 0.1) is 0 Å². The molecule has 1 saturated carbocycles. The van der Waals surface area contributed by atoms with Crippen LogP contribution in [0.5, 0.6) is 0 Å². The quantitative estimate of drug-likeness (QED) is 0.691. The van der Waals surface area contributed by atoms with Gasteiger partial charge in [-0.2, -0.15) is 0 Å². The van der Waals surface area contributed by atoms with Crippen molar-refractivity contribution in [2.75, 3.05) is 0 Å². The van der Waals surface area contributed by atoms with Crippen molar-refractivity contribution in [1.29, 1.82) is 0 Å². The molecule has 2 heteroatoms. The van der Waals surface area contributed by atoms with Crippen LogP contribution in [0.1, 0.15) is 37.2 Å². The molecule has 0 N–H and O–H groups in total. The Balaban J connectivity index is 2.32. The second kappa shape index (κ2) is 3.79. The lowest BCUT2D eigenvalue weighted by atomic mass is 9.97. The predicted molar refractivity (Wildman–Crippen MR) is 55.3 cm³/mol. The summed E-state index contributed by atoms with van der Waals surface area (Å²) >= 11 is 3.38. The van der Waals surface area contributed by atoms with Gasteiger partial charge in [-0.1, -0.05) is 28.8 Å². The van der Waals surface area contributed by atoms with E-state index in [0.717, 1.165) is 22.9 Å². The third-order valence-electron chi connectivity index (χ3n) is 2.75. The highest BCUT2D eigenvalue weighted by molar-refractivity contribution is 9.10. The fourth-order valence-corrected chi connectivity index (χ4v) is 2.44. The third kappa shape index (κ3) is 1.93. The summed E-state index contributed by atoms with van der Waals surface area (Å²) < 4.78 is 14.4. The lowest BCUT2D eigenvalue weighted by molar-refractivity contribution is 0.580. The molecule has 0 nitrogen and oxygen atoms in total. The molecule has 0 bridgehead atoms. The van der Waals surface area contributed by atoms with Crippen molar-refractivity contribution in [2.24, 2.45) is 0 Å². The number of benzene rings is 1. The van der Waals surface area contributed by atoms with E-state index in [9.17, 15) is 4.39 Å². The minimum Gasteiger partial charge on any atom is -0.207 e. The second-order valence-electron chi connectivity index (χ2n) is 3.65. The highest BCUT2D eigenvalue weighted by Gasteiger charge is 2.20. The first kappa shape index (κ1) is 9.20. The molecule has 0 unspecified atom stereocenters. The van der Waals surface area contributed by atoms with Crippen LogP contribution in [0.15, 0.2) is 22.7 Å². The van der Waals surface area contributed by atoms with E-state index >= 15 is 0 Å². The van der Waals surface area contributed by atoms with E-state index in [-0.39, 0.29) is 5.82 Å². The molecule has 0 amide bonds. The average molecular weight is 243 g/mol. The predicted octanol–water partition coefficient (Wildman–Crippen LogP) is 4.25. The van der Waals surface area contributed by atoms with Gasteiger partial charge in [-0.05, 0) is 42.5 Å². The number of hydrogen-bond acceptors (Lipinski definition) is 0. The minimum absolute atomic E-state index is 0.0462. The molecule has 1 aliphatic carbocycles. The van der Waals surface area contributed by atoms with Gasteiger partial charge in [0.25, 0.3) is 0 Å². The molecule has 0 aliphatic heterocycles. The van der Waals surface area contributed by atoms with E-state index in [1.54, 1.807) is 12.1 Å². The normalized spacial score (nSPS) is 18.0. The SMILES string of the molecule is Fc1ccc(Br)cc1C1CCCC1. The summed E-state index contributed by atoms with van der Waals surface area (Å²) in [5, 5.41) is 0. The molecular weight excluding hydrogens is 231 g/mol. The van der Waals surface area contributed by atoms with Gasteiger partial charge in [0.15, 0.2) is 0 Å². The first-order valence-corrected chi connectivity index (χ1v) is 5.51. The van der Waals surface area contributed by atoms with Crippen LogP contribution >= 0.6 is 15.9 Å². The van der Waals surface area contributed by atoms with E-state index < -0.39 is 0 Å².